The Morgan fingerprint density at radius 1 is 1.09 bits per heavy atom. The molecular weight excluding hydrogens is 576 g/mol. The van der Waals surface area contributed by atoms with Crippen molar-refractivity contribution in [3.8, 4) is 5.75 Å². The molecular formula is C34H48N4O7. The Kier molecular flexibility index (Phi) is 14.8. The van der Waals surface area contributed by atoms with E-state index in [1.807, 2.05) is 37.3 Å². The second kappa shape index (κ2) is 18.8. The van der Waals surface area contributed by atoms with Crippen molar-refractivity contribution in [1.82, 2.24) is 16.0 Å². The Balaban J connectivity index is 0.00000177. The lowest BCUT2D eigenvalue weighted by molar-refractivity contribution is -0.124. The van der Waals surface area contributed by atoms with Crippen LogP contribution in [-0.4, -0.2) is 78.3 Å². The highest BCUT2D eigenvalue weighted by Gasteiger charge is 2.27. The van der Waals surface area contributed by atoms with E-state index in [4.69, 9.17) is 14.6 Å². The summed E-state index contributed by atoms with van der Waals surface area (Å²) in [6, 6.07) is 14.0. The molecule has 1 aliphatic carbocycles. The Bertz CT molecular complexity index is 1240. The predicted octanol–water partition coefficient (Wildman–Crippen LogP) is 3.43. The second-order valence-electron chi connectivity index (χ2n) is 11.6. The van der Waals surface area contributed by atoms with Gasteiger partial charge in [0.25, 0.3) is 12.4 Å². The van der Waals surface area contributed by atoms with Gasteiger partial charge in [0, 0.05) is 42.9 Å². The minimum atomic E-state index is -0.960. The van der Waals surface area contributed by atoms with Crippen molar-refractivity contribution in [3.63, 3.8) is 0 Å². The number of carbonyl (C=O) groups excluding carboxylic acids is 3. The zero-order valence-electron chi connectivity index (χ0n) is 26.4. The van der Waals surface area contributed by atoms with Crippen molar-refractivity contribution in [1.29, 1.82) is 0 Å². The third-order valence-electron chi connectivity index (χ3n) is 8.07. The number of hydrogen-bond acceptors (Lipinski definition) is 7. The van der Waals surface area contributed by atoms with Gasteiger partial charge in [0.1, 0.15) is 5.75 Å². The number of carbonyl (C=O) groups is 4. The maximum atomic E-state index is 13.6. The van der Waals surface area contributed by atoms with Crippen molar-refractivity contribution >= 4 is 29.9 Å². The topological polar surface area (TPSA) is 157 Å². The average Bonchev–Trinajstić information content (AvgIpc) is 3.49. The van der Waals surface area contributed by atoms with E-state index in [2.05, 4.69) is 16.0 Å². The Morgan fingerprint density at radius 3 is 2.44 bits per heavy atom. The first-order valence-corrected chi connectivity index (χ1v) is 16.0. The summed E-state index contributed by atoms with van der Waals surface area (Å²) < 4.78 is 5.86. The van der Waals surface area contributed by atoms with Gasteiger partial charge in [0.2, 0.25) is 11.8 Å². The van der Waals surface area contributed by atoms with Gasteiger partial charge in [-0.2, -0.15) is 0 Å². The normalized spacial score (nSPS) is 17.0. The highest BCUT2D eigenvalue weighted by Crippen LogP contribution is 2.28. The third kappa shape index (κ3) is 11.5. The van der Waals surface area contributed by atoms with Crippen LogP contribution in [0.4, 0.5) is 5.69 Å². The molecule has 246 valence electrons. The maximum Gasteiger partial charge on any atom is 0.290 e. The number of amides is 3. The molecule has 0 spiro atoms. The molecule has 3 amide bonds. The van der Waals surface area contributed by atoms with Crippen LogP contribution in [0.25, 0.3) is 0 Å². The molecule has 5 N–H and O–H groups in total. The summed E-state index contributed by atoms with van der Waals surface area (Å²) in [5, 5.41) is 27.5. The van der Waals surface area contributed by atoms with Gasteiger partial charge >= 0.3 is 0 Å². The van der Waals surface area contributed by atoms with E-state index in [0.29, 0.717) is 43.0 Å². The smallest absolute Gasteiger partial charge is 0.290 e. The van der Waals surface area contributed by atoms with Gasteiger partial charge in [-0.3, -0.25) is 19.2 Å². The fraction of sp³-hybridized carbons (Fsp3) is 0.529. The molecule has 1 heterocycles. The molecule has 45 heavy (non-hydrogen) atoms. The van der Waals surface area contributed by atoms with Crippen LogP contribution in [0.5, 0.6) is 5.75 Å². The first kappa shape index (κ1) is 35.5. The number of benzene rings is 2. The number of anilines is 1. The van der Waals surface area contributed by atoms with Crippen LogP contribution in [0, 0.1) is 0 Å². The highest BCUT2D eigenvalue weighted by atomic mass is 16.5. The van der Waals surface area contributed by atoms with Crippen LogP contribution < -0.4 is 25.6 Å². The summed E-state index contributed by atoms with van der Waals surface area (Å²) >= 11 is 0. The van der Waals surface area contributed by atoms with Gasteiger partial charge < -0.3 is 35.8 Å². The number of carboxylic acid groups (broad SMARTS) is 1. The van der Waals surface area contributed by atoms with Crippen LogP contribution in [-0.2, 0) is 20.8 Å². The largest absolute Gasteiger partial charge is 0.494 e. The van der Waals surface area contributed by atoms with E-state index in [1.165, 1.54) is 6.42 Å². The SMILES string of the molecule is CCCOc1cc(C(=O)N[C@@H](Cc2ccccc2)[C@H](O)CN[C@@H](C)C(=O)NC2CCCCC2)cc(N2CCCC2=O)c1.O=CO. The van der Waals surface area contributed by atoms with E-state index >= 15 is 0 Å². The lowest BCUT2D eigenvalue weighted by atomic mass is 9.95. The third-order valence-corrected chi connectivity index (χ3v) is 8.07. The molecule has 0 unspecified atom stereocenters. The van der Waals surface area contributed by atoms with Crippen molar-refractivity contribution < 1.29 is 34.1 Å². The molecule has 2 fully saturated rings. The molecule has 1 aliphatic heterocycles. The summed E-state index contributed by atoms with van der Waals surface area (Å²) in [6.45, 7) is 4.77. The van der Waals surface area contributed by atoms with Gasteiger partial charge in [0.15, 0.2) is 0 Å². The number of hydrogen-bond donors (Lipinski definition) is 5. The number of nitrogens with one attached hydrogen (secondary N) is 3. The summed E-state index contributed by atoms with van der Waals surface area (Å²) in [6.07, 6.45) is 7.01. The molecule has 2 aliphatic rings. The summed E-state index contributed by atoms with van der Waals surface area (Å²) in [7, 11) is 0. The molecule has 1 saturated carbocycles. The Labute approximate surface area is 265 Å². The first-order valence-electron chi connectivity index (χ1n) is 16.0. The molecule has 3 atom stereocenters. The van der Waals surface area contributed by atoms with Crippen LogP contribution in [0.3, 0.4) is 0 Å². The summed E-state index contributed by atoms with van der Waals surface area (Å²) in [5.41, 5.74) is 1.96. The Hall–Kier alpha value is -3.96. The molecule has 11 nitrogen and oxygen atoms in total. The van der Waals surface area contributed by atoms with E-state index in [1.54, 1.807) is 30.0 Å². The van der Waals surface area contributed by atoms with Crippen LogP contribution in [0.1, 0.15) is 81.1 Å². The molecule has 0 radical (unpaired) electrons. The molecule has 1 saturated heterocycles. The number of aliphatic hydroxyl groups is 1. The van der Waals surface area contributed by atoms with Gasteiger partial charge in [-0.15, -0.1) is 0 Å². The standard InChI is InChI=1S/C33H46N4O5.CH2O2/c1-3-17-42-28-20-25(19-27(21-28)37-16-10-15-31(37)39)33(41)36-29(18-24-11-6-4-7-12-24)30(38)22-34-23(2)32(40)35-26-13-8-5-9-14-26;2-1-3/h4,6-7,11-12,19-21,23,26,29-30,34,38H,3,5,8-10,13-18,22H2,1-2H3,(H,35,40)(H,36,41);1H,(H,2,3)/t23-,29-,30+;/m0./s1. The fourth-order valence-electron chi connectivity index (χ4n) is 5.60. The monoisotopic (exact) mass is 624 g/mol. The highest BCUT2D eigenvalue weighted by molar-refractivity contribution is 5.99. The predicted molar refractivity (Wildman–Crippen MR) is 172 cm³/mol. The minimum absolute atomic E-state index is 0.0269. The molecule has 11 heteroatoms. The van der Waals surface area contributed by atoms with E-state index in [-0.39, 0.29) is 36.8 Å². The van der Waals surface area contributed by atoms with E-state index < -0.39 is 18.2 Å². The number of nitrogens with zero attached hydrogens (tertiary/aromatic N) is 1. The first-order chi connectivity index (χ1) is 21.7. The molecule has 4 rings (SSSR count). The number of ether oxygens (including phenoxy) is 1. The summed E-state index contributed by atoms with van der Waals surface area (Å²) in [4.78, 5) is 48.9. The quantitative estimate of drug-likeness (QED) is 0.200. The Morgan fingerprint density at radius 2 is 1.80 bits per heavy atom. The summed E-state index contributed by atoms with van der Waals surface area (Å²) in [5.74, 6) is 0.108. The van der Waals surface area contributed by atoms with E-state index in [0.717, 1.165) is 44.1 Å². The van der Waals surface area contributed by atoms with Crippen molar-refractivity contribution in [3.05, 3.63) is 59.7 Å². The zero-order chi connectivity index (χ0) is 32.6. The minimum Gasteiger partial charge on any atom is -0.494 e. The molecule has 0 aromatic heterocycles. The van der Waals surface area contributed by atoms with Gasteiger partial charge in [0.05, 0.1) is 24.8 Å². The van der Waals surface area contributed by atoms with Crippen molar-refractivity contribution in [2.75, 3.05) is 24.6 Å². The second-order valence-corrected chi connectivity index (χ2v) is 11.6. The fourth-order valence-corrected chi connectivity index (χ4v) is 5.60. The van der Waals surface area contributed by atoms with E-state index in [9.17, 15) is 19.5 Å². The van der Waals surface area contributed by atoms with Gasteiger partial charge in [-0.05, 0) is 56.7 Å². The molecule has 2 aromatic carbocycles. The maximum absolute atomic E-state index is 13.6. The van der Waals surface area contributed by atoms with Crippen molar-refractivity contribution in [2.45, 2.75) is 95.9 Å². The van der Waals surface area contributed by atoms with Crippen LogP contribution >= 0.6 is 0 Å². The zero-order valence-corrected chi connectivity index (χ0v) is 26.4. The van der Waals surface area contributed by atoms with Gasteiger partial charge in [-0.25, -0.2) is 0 Å². The average molecular weight is 625 g/mol. The van der Waals surface area contributed by atoms with Crippen LogP contribution in [0.2, 0.25) is 0 Å². The van der Waals surface area contributed by atoms with Crippen molar-refractivity contribution in [2.24, 2.45) is 0 Å². The number of rotatable bonds is 14. The molecule has 0 bridgehead atoms. The lowest BCUT2D eigenvalue weighted by Crippen LogP contribution is -2.53. The lowest BCUT2D eigenvalue weighted by Gasteiger charge is -2.28. The van der Waals surface area contributed by atoms with Crippen LogP contribution in [0.15, 0.2) is 48.5 Å². The number of aliphatic hydroxyl groups excluding tert-OH is 1. The van der Waals surface area contributed by atoms with Gasteiger partial charge in [-0.1, -0.05) is 56.5 Å². The molecule has 2 aromatic rings.